The van der Waals surface area contributed by atoms with E-state index in [0.29, 0.717) is 0 Å². The number of nitrogens with two attached hydrogens (primary N) is 1. The van der Waals surface area contributed by atoms with Crippen LogP contribution in [0.4, 0.5) is 0 Å². The van der Waals surface area contributed by atoms with Gasteiger partial charge in [0.1, 0.15) is 0 Å². The van der Waals surface area contributed by atoms with Crippen LogP contribution in [0.2, 0.25) is 0 Å². The van der Waals surface area contributed by atoms with Gasteiger partial charge in [-0.05, 0) is 42.4 Å². The normalized spacial score (nSPS) is 16.4. The first-order valence-corrected chi connectivity index (χ1v) is 5.29. The Morgan fingerprint density at radius 1 is 1.36 bits per heavy atom. The molecule has 1 atom stereocenters. The van der Waals surface area contributed by atoms with Gasteiger partial charge in [-0.2, -0.15) is 0 Å². The van der Waals surface area contributed by atoms with E-state index in [1.807, 2.05) is 6.08 Å². The van der Waals surface area contributed by atoms with Crippen molar-refractivity contribution >= 4 is 0 Å². The Labute approximate surface area is 85.6 Å². The number of fused-ring (bicyclic) bond motifs is 1. The fraction of sp³-hybridized carbons (Fsp3) is 0.385. The van der Waals surface area contributed by atoms with Crippen molar-refractivity contribution in [3.63, 3.8) is 0 Å². The van der Waals surface area contributed by atoms with Crippen LogP contribution in [0.1, 0.15) is 35.6 Å². The molecule has 0 spiro atoms. The lowest BCUT2D eigenvalue weighted by atomic mass is 10.00. The fourth-order valence-electron chi connectivity index (χ4n) is 2.14. The summed E-state index contributed by atoms with van der Waals surface area (Å²) in [6, 6.07) is 6.80. The zero-order valence-corrected chi connectivity index (χ0v) is 8.50. The Kier molecular flexibility index (Phi) is 2.69. The summed E-state index contributed by atoms with van der Waals surface area (Å²) in [7, 11) is 0. The Balaban J connectivity index is 2.23. The highest BCUT2D eigenvalue weighted by molar-refractivity contribution is 5.36. The Morgan fingerprint density at radius 2 is 2.14 bits per heavy atom. The van der Waals surface area contributed by atoms with Crippen molar-refractivity contribution < 1.29 is 0 Å². The molecular formula is C13H17N. The van der Waals surface area contributed by atoms with Crippen molar-refractivity contribution in [3.05, 3.63) is 47.5 Å². The highest BCUT2D eigenvalue weighted by atomic mass is 14.6. The molecule has 0 bridgehead atoms. The van der Waals surface area contributed by atoms with Gasteiger partial charge < -0.3 is 5.73 Å². The molecular weight excluding hydrogens is 170 g/mol. The van der Waals surface area contributed by atoms with Gasteiger partial charge in [0.25, 0.3) is 0 Å². The van der Waals surface area contributed by atoms with Crippen molar-refractivity contribution in [2.45, 2.75) is 31.7 Å². The third-order valence-corrected chi connectivity index (χ3v) is 2.97. The van der Waals surface area contributed by atoms with Crippen molar-refractivity contribution in [3.8, 4) is 0 Å². The molecule has 1 aliphatic carbocycles. The standard InChI is InChI=1S/C13H17N/c1-2-4-13(14)12-8-7-10-5-3-6-11(10)9-12/h2,7-9,13H,1,3-6,14H2/t13-/m0/s1. The van der Waals surface area contributed by atoms with Crippen molar-refractivity contribution in [2.24, 2.45) is 5.73 Å². The highest BCUT2D eigenvalue weighted by Crippen LogP contribution is 2.25. The van der Waals surface area contributed by atoms with Gasteiger partial charge >= 0.3 is 0 Å². The lowest BCUT2D eigenvalue weighted by Crippen LogP contribution is -2.09. The van der Waals surface area contributed by atoms with Crippen LogP contribution in [-0.2, 0) is 12.8 Å². The summed E-state index contributed by atoms with van der Waals surface area (Å²) in [5.41, 5.74) is 10.3. The summed E-state index contributed by atoms with van der Waals surface area (Å²) in [5.74, 6) is 0. The van der Waals surface area contributed by atoms with E-state index in [1.54, 1.807) is 0 Å². The molecule has 0 unspecified atom stereocenters. The predicted octanol–water partition coefficient (Wildman–Crippen LogP) is 2.75. The molecule has 0 fully saturated rings. The average molecular weight is 187 g/mol. The van der Waals surface area contributed by atoms with E-state index in [-0.39, 0.29) is 6.04 Å². The third-order valence-electron chi connectivity index (χ3n) is 2.97. The predicted molar refractivity (Wildman–Crippen MR) is 60.2 cm³/mol. The van der Waals surface area contributed by atoms with Crippen LogP contribution in [0.5, 0.6) is 0 Å². The smallest absolute Gasteiger partial charge is 0.0329 e. The first-order valence-electron chi connectivity index (χ1n) is 5.29. The van der Waals surface area contributed by atoms with Crippen LogP contribution in [0.3, 0.4) is 0 Å². The average Bonchev–Trinajstić information content (AvgIpc) is 2.64. The second-order valence-electron chi connectivity index (χ2n) is 4.01. The second-order valence-corrected chi connectivity index (χ2v) is 4.01. The van der Waals surface area contributed by atoms with Gasteiger partial charge in [0.05, 0.1) is 0 Å². The van der Waals surface area contributed by atoms with E-state index < -0.39 is 0 Å². The molecule has 0 saturated heterocycles. The monoisotopic (exact) mass is 187 g/mol. The summed E-state index contributed by atoms with van der Waals surface area (Å²) in [5, 5.41) is 0. The minimum absolute atomic E-state index is 0.124. The number of hydrogen-bond acceptors (Lipinski definition) is 1. The second kappa shape index (κ2) is 3.97. The molecule has 0 aromatic heterocycles. The van der Waals surface area contributed by atoms with Gasteiger partial charge in [0.15, 0.2) is 0 Å². The first kappa shape index (κ1) is 9.47. The number of hydrogen-bond donors (Lipinski definition) is 1. The van der Waals surface area contributed by atoms with E-state index in [9.17, 15) is 0 Å². The van der Waals surface area contributed by atoms with E-state index in [4.69, 9.17) is 5.73 Å². The number of aryl methyl sites for hydroxylation is 2. The zero-order chi connectivity index (χ0) is 9.97. The molecule has 1 aromatic rings. The largest absolute Gasteiger partial charge is 0.324 e. The summed E-state index contributed by atoms with van der Waals surface area (Å²) < 4.78 is 0. The summed E-state index contributed by atoms with van der Waals surface area (Å²) >= 11 is 0. The van der Waals surface area contributed by atoms with Gasteiger partial charge in [0, 0.05) is 6.04 Å². The van der Waals surface area contributed by atoms with Gasteiger partial charge in [-0.3, -0.25) is 0 Å². The van der Waals surface area contributed by atoms with Crippen LogP contribution in [0.25, 0.3) is 0 Å². The Bertz CT molecular complexity index is 341. The van der Waals surface area contributed by atoms with E-state index >= 15 is 0 Å². The highest BCUT2D eigenvalue weighted by Gasteiger charge is 2.12. The Hall–Kier alpha value is -1.08. The first-order chi connectivity index (χ1) is 6.81. The maximum atomic E-state index is 6.03. The number of benzene rings is 1. The van der Waals surface area contributed by atoms with E-state index in [0.717, 1.165) is 6.42 Å². The Morgan fingerprint density at radius 3 is 2.93 bits per heavy atom. The molecule has 1 aliphatic rings. The molecule has 0 amide bonds. The number of rotatable bonds is 3. The lowest BCUT2D eigenvalue weighted by molar-refractivity contribution is 0.740. The van der Waals surface area contributed by atoms with Crippen molar-refractivity contribution in [2.75, 3.05) is 0 Å². The molecule has 0 radical (unpaired) electrons. The quantitative estimate of drug-likeness (QED) is 0.723. The topological polar surface area (TPSA) is 26.0 Å². The SMILES string of the molecule is C=CC[C@H](N)c1ccc2c(c1)CCC2. The van der Waals surface area contributed by atoms with Crippen LogP contribution in [0.15, 0.2) is 30.9 Å². The minimum atomic E-state index is 0.124. The maximum Gasteiger partial charge on any atom is 0.0329 e. The summed E-state index contributed by atoms with van der Waals surface area (Å²) in [6.45, 7) is 3.72. The molecule has 74 valence electrons. The zero-order valence-electron chi connectivity index (χ0n) is 8.50. The molecule has 1 heteroatoms. The molecule has 0 heterocycles. The van der Waals surface area contributed by atoms with Crippen LogP contribution >= 0.6 is 0 Å². The van der Waals surface area contributed by atoms with Crippen LogP contribution < -0.4 is 5.73 Å². The third kappa shape index (κ3) is 1.73. The van der Waals surface area contributed by atoms with Gasteiger partial charge in [-0.25, -0.2) is 0 Å². The molecule has 14 heavy (non-hydrogen) atoms. The molecule has 2 N–H and O–H groups in total. The minimum Gasteiger partial charge on any atom is -0.324 e. The van der Waals surface area contributed by atoms with Crippen molar-refractivity contribution in [1.82, 2.24) is 0 Å². The van der Waals surface area contributed by atoms with Gasteiger partial charge in [0.2, 0.25) is 0 Å². The van der Waals surface area contributed by atoms with Crippen LogP contribution in [-0.4, -0.2) is 0 Å². The maximum absolute atomic E-state index is 6.03. The summed E-state index contributed by atoms with van der Waals surface area (Å²) in [4.78, 5) is 0. The molecule has 2 rings (SSSR count). The summed E-state index contributed by atoms with van der Waals surface area (Å²) in [6.07, 6.45) is 6.52. The lowest BCUT2D eigenvalue weighted by Gasteiger charge is -2.11. The van der Waals surface area contributed by atoms with Gasteiger partial charge in [-0.1, -0.05) is 24.3 Å². The van der Waals surface area contributed by atoms with Crippen molar-refractivity contribution in [1.29, 1.82) is 0 Å². The van der Waals surface area contributed by atoms with Gasteiger partial charge in [-0.15, -0.1) is 6.58 Å². The molecule has 1 nitrogen and oxygen atoms in total. The van der Waals surface area contributed by atoms with E-state index in [2.05, 4.69) is 24.8 Å². The van der Waals surface area contributed by atoms with E-state index in [1.165, 1.54) is 36.0 Å². The van der Waals surface area contributed by atoms with Crippen LogP contribution in [0, 0.1) is 0 Å². The molecule has 0 saturated carbocycles. The molecule has 1 aromatic carbocycles. The fourth-order valence-corrected chi connectivity index (χ4v) is 2.14. The molecule has 0 aliphatic heterocycles.